The van der Waals surface area contributed by atoms with Crippen molar-refractivity contribution in [3.05, 3.63) is 16.6 Å². The molecule has 0 radical (unpaired) electrons. The van der Waals surface area contributed by atoms with Crippen LogP contribution in [-0.4, -0.2) is 64.6 Å². The Kier molecular flexibility index (Phi) is 9.68. The summed E-state index contributed by atoms with van der Waals surface area (Å²) in [5.41, 5.74) is 3.00. The fourth-order valence-corrected chi connectivity index (χ4v) is 5.46. The third kappa shape index (κ3) is 7.13. The lowest BCUT2D eigenvalue weighted by Gasteiger charge is -2.34. The molecule has 1 aromatic heterocycles. The zero-order valence-electron chi connectivity index (χ0n) is 22.0. The van der Waals surface area contributed by atoms with Gasteiger partial charge in [-0.3, -0.25) is 14.4 Å². The lowest BCUT2D eigenvalue weighted by molar-refractivity contribution is -0.154. The molecule has 2 aliphatic rings. The maximum atomic E-state index is 13.2. The van der Waals surface area contributed by atoms with Crippen LogP contribution >= 0.6 is 11.3 Å². The molecule has 3 N–H and O–H groups in total. The van der Waals surface area contributed by atoms with Crippen molar-refractivity contribution in [1.29, 1.82) is 0 Å². The Bertz CT molecular complexity index is 946. The first-order chi connectivity index (χ1) is 16.9. The predicted octanol–water partition coefficient (Wildman–Crippen LogP) is 3.75. The van der Waals surface area contributed by atoms with E-state index < -0.39 is 35.6 Å². The number of anilines is 1. The average molecular weight is 525 g/mol. The second kappa shape index (κ2) is 12.1. The third-order valence-corrected chi connectivity index (χ3v) is 8.24. The quantitative estimate of drug-likeness (QED) is 0.306. The number of nitrogens with one attached hydrogen (secondary N) is 1. The molecule has 7 atom stereocenters. The number of epoxide rings is 1. The molecule has 0 spiro atoms. The van der Waals surface area contributed by atoms with Gasteiger partial charge in [0.2, 0.25) is 5.13 Å². The Balaban J connectivity index is 1.80. The largest absolute Gasteiger partial charge is 0.458 e. The van der Waals surface area contributed by atoms with E-state index in [1.54, 1.807) is 20.8 Å². The second-order valence-electron chi connectivity index (χ2n) is 10.7. The summed E-state index contributed by atoms with van der Waals surface area (Å²) in [7, 11) is 1.51. The number of cyclic esters (lactones) is 1. The van der Waals surface area contributed by atoms with Gasteiger partial charge in [-0.2, -0.15) is 0 Å². The molecular weight excluding hydrogens is 484 g/mol. The standard InChI is InChI=1S/C26H40N2O7S/c1-14-8-7-9-18-20(34-18)11-19(15(2)10-17-13-36-25(27-17)28-33-6)35-22(30)12-21(29)26(4,5)24(32)16(3)23(14)31/h10,13-14,16,18-21,23,29,31H,7-9,11-12H2,1-6H3,(H,27,28)/t14-,16+,18+,19-,20+,21-,23-/m1/s1. The third-order valence-electron chi connectivity index (χ3n) is 7.49. The van der Waals surface area contributed by atoms with Crippen molar-refractivity contribution in [1.82, 2.24) is 4.98 Å². The number of hydrogen-bond donors (Lipinski definition) is 3. The van der Waals surface area contributed by atoms with E-state index >= 15 is 0 Å². The maximum Gasteiger partial charge on any atom is 0.309 e. The lowest BCUT2D eigenvalue weighted by Crippen LogP contribution is -2.45. The number of ether oxygens (including phenoxy) is 2. The monoisotopic (exact) mass is 524 g/mol. The van der Waals surface area contributed by atoms with E-state index in [9.17, 15) is 19.8 Å². The van der Waals surface area contributed by atoms with Crippen LogP contribution in [0.15, 0.2) is 11.0 Å². The van der Waals surface area contributed by atoms with Crippen molar-refractivity contribution < 1.29 is 34.1 Å². The minimum atomic E-state index is -1.24. The van der Waals surface area contributed by atoms with Gasteiger partial charge in [-0.25, -0.2) is 10.5 Å². The predicted molar refractivity (Wildman–Crippen MR) is 137 cm³/mol. The van der Waals surface area contributed by atoms with Gasteiger partial charge in [0.15, 0.2) is 0 Å². The highest BCUT2D eigenvalue weighted by Gasteiger charge is 2.44. The number of thiazole rings is 1. The summed E-state index contributed by atoms with van der Waals surface area (Å²) in [6.45, 7) is 8.74. The number of aliphatic hydroxyl groups is 2. The number of carbonyl (C=O) groups is 2. The SMILES string of the molecule is CONc1nc(C=C(C)[C@H]2C[C@@H]3O[C@H]3CCC[C@@H](C)[C@@H](O)[C@H](C)C(=O)C(C)(C)[C@H](O)CC(=O)O2)cs1. The number of hydrogen-bond acceptors (Lipinski definition) is 10. The Morgan fingerprint density at radius 1 is 1.25 bits per heavy atom. The molecule has 1 aromatic rings. The smallest absolute Gasteiger partial charge is 0.309 e. The van der Waals surface area contributed by atoms with Gasteiger partial charge in [-0.05, 0) is 37.3 Å². The Labute approximate surface area is 217 Å². The summed E-state index contributed by atoms with van der Waals surface area (Å²) in [5.74, 6) is -1.59. The van der Waals surface area contributed by atoms with E-state index in [0.29, 0.717) is 17.2 Å². The van der Waals surface area contributed by atoms with Crippen molar-refractivity contribution in [3.8, 4) is 0 Å². The highest BCUT2D eigenvalue weighted by molar-refractivity contribution is 7.13. The van der Waals surface area contributed by atoms with Crippen LogP contribution in [0.1, 0.15) is 72.4 Å². The molecule has 202 valence electrons. The van der Waals surface area contributed by atoms with Gasteiger partial charge in [0.1, 0.15) is 11.9 Å². The van der Waals surface area contributed by atoms with Crippen LogP contribution in [-0.2, 0) is 23.9 Å². The van der Waals surface area contributed by atoms with Crippen molar-refractivity contribution >= 4 is 34.3 Å². The summed E-state index contributed by atoms with van der Waals surface area (Å²) >= 11 is 1.39. The number of rotatable bonds is 4. The van der Waals surface area contributed by atoms with E-state index in [-0.39, 0.29) is 30.3 Å². The van der Waals surface area contributed by atoms with Gasteiger partial charge < -0.3 is 19.7 Å². The number of fused-ring (bicyclic) bond motifs is 1. The minimum absolute atomic E-state index is 0.0256. The van der Waals surface area contributed by atoms with Crippen molar-refractivity contribution in [2.45, 2.75) is 97.2 Å². The van der Waals surface area contributed by atoms with Crippen molar-refractivity contribution in [3.63, 3.8) is 0 Å². The zero-order valence-corrected chi connectivity index (χ0v) is 22.8. The van der Waals surface area contributed by atoms with Crippen LogP contribution in [0.4, 0.5) is 5.13 Å². The zero-order chi connectivity index (χ0) is 26.6. The van der Waals surface area contributed by atoms with E-state index in [1.807, 2.05) is 25.3 Å². The van der Waals surface area contributed by atoms with Crippen LogP contribution in [0, 0.1) is 17.3 Å². The molecule has 0 amide bonds. The average Bonchev–Trinajstić information content (AvgIpc) is 3.41. The van der Waals surface area contributed by atoms with Crippen LogP contribution in [0.3, 0.4) is 0 Å². The molecule has 2 fully saturated rings. The molecule has 10 heteroatoms. The number of Topliss-reactive ketones (excluding diaryl/α,β-unsaturated/α-hetero) is 1. The van der Waals surface area contributed by atoms with Gasteiger partial charge in [0.25, 0.3) is 0 Å². The van der Waals surface area contributed by atoms with Gasteiger partial charge in [-0.1, -0.05) is 34.1 Å². The molecule has 0 aliphatic carbocycles. The van der Waals surface area contributed by atoms with E-state index in [1.165, 1.54) is 18.4 Å². The van der Waals surface area contributed by atoms with Crippen LogP contribution < -0.4 is 5.48 Å². The van der Waals surface area contributed by atoms with Crippen LogP contribution in [0.25, 0.3) is 6.08 Å². The van der Waals surface area contributed by atoms with E-state index in [4.69, 9.17) is 14.3 Å². The summed E-state index contributed by atoms with van der Waals surface area (Å²) in [6.07, 6.45) is 1.95. The molecule has 36 heavy (non-hydrogen) atoms. The first-order valence-electron chi connectivity index (χ1n) is 12.6. The fraction of sp³-hybridized carbons (Fsp3) is 0.731. The van der Waals surface area contributed by atoms with Gasteiger partial charge in [0.05, 0.1) is 49.1 Å². The van der Waals surface area contributed by atoms with Crippen LogP contribution in [0.5, 0.6) is 0 Å². The molecule has 9 nitrogen and oxygen atoms in total. The Morgan fingerprint density at radius 2 is 1.97 bits per heavy atom. The topological polar surface area (TPSA) is 131 Å². The second-order valence-corrected chi connectivity index (χ2v) is 11.6. The lowest BCUT2D eigenvalue weighted by atomic mass is 9.73. The highest BCUT2D eigenvalue weighted by Crippen LogP contribution is 2.36. The molecule has 2 saturated heterocycles. The molecule has 0 unspecified atom stereocenters. The van der Waals surface area contributed by atoms with Crippen LogP contribution in [0.2, 0.25) is 0 Å². The molecule has 2 aliphatic heterocycles. The van der Waals surface area contributed by atoms with E-state index in [0.717, 1.165) is 24.8 Å². The van der Waals surface area contributed by atoms with Crippen molar-refractivity contribution in [2.75, 3.05) is 12.6 Å². The Morgan fingerprint density at radius 3 is 2.67 bits per heavy atom. The maximum absolute atomic E-state index is 13.2. The summed E-state index contributed by atoms with van der Waals surface area (Å²) in [4.78, 5) is 35.4. The molecule has 3 rings (SSSR count). The Hall–Kier alpha value is -1.85. The van der Waals surface area contributed by atoms with E-state index in [2.05, 4.69) is 10.5 Å². The first-order valence-corrected chi connectivity index (χ1v) is 13.5. The van der Waals surface area contributed by atoms with Crippen molar-refractivity contribution in [2.24, 2.45) is 17.3 Å². The fourth-order valence-electron chi connectivity index (χ4n) is 4.82. The molecule has 0 saturated carbocycles. The minimum Gasteiger partial charge on any atom is -0.458 e. The first kappa shape index (κ1) is 28.7. The molecular formula is C26H40N2O7S. The summed E-state index contributed by atoms with van der Waals surface area (Å²) < 4.78 is 11.7. The number of nitrogens with zero attached hydrogens (tertiary/aromatic N) is 1. The normalized spacial score (nSPS) is 34.6. The summed E-state index contributed by atoms with van der Waals surface area (Å²) in [6, 6.07) is 0. The number of carbonyl (C=O) groups excluding carboxylic acids is 2. The number of aliphatic hydroxyl groups excluding tert-OH is 2. The number of esters is 1. The van der Waals surface area contributed by atoms with Gasteiger partial charge in [0, 0.05) is 17.7 Å². The summed E-state index contributed by atoms with van der Waals surface area (Å²) in [5, 5.41) is 24.1. The molecule has 0 aromatic carbocycles. The molecule has 0 bridgehead atoms. The van der Waals surface area contributed by atoms with Gasteiger partial charge >= 0.3 is 5.97 Å². The van der Waals surface area contributed by atoms with Gasteiger partial charge in [-0.15, -0.1) is 11.3 Å². The highest BCUT2D eigenvalue weighted by atomic mass is 32.1. The number of ketones is 1. The number of aromatic nitrogens is 1. The molecule has 3 heterocycles.